The number of pyridine rings is 1. The molecule has 0 spiro atoms. The van der Waals surface area contributed by atoms with Crippen LogP contribution in [-0.2, 0) is 11.3 Å². The van der Waals surface area contributed by atoms with Gasteiger partial charge in [0.15, 0.2) is 0 Å². The van der Waals surface area contributed by atoms with Crippen LogP contribution in [0.5, 0.6) is 11.5 Å². The van der Waals surface area contributed by atoms with E-state index in [1.807, 2.05) is 24.3 Å². The van der Waals surface area contributed by atoms with Gasteiger partial charge in [-0.3, -0.25) is 9.78 Å². The predicted octanol–water partition coefficient (Wildman–Crippen LogP) is 5.13. The van der Waals surface area contributed by atoms with Crippen molar-refractivity contribution in [3.8, 4) is 22.8 Å². The maximum atomic E-state index is 13.6. The molecule has 0 bridgehead atoms. The minimum atomic E-state index is -0.608. The molecule has 0 saturated heterocycles. The van der Waals surface area contributed by atoms with E-state index in [1.54, 1.807) is 55.7 Å². The molecular weight excluding hydrogens is 496 g/mol. The van der Waals surface area contributed by atoms with Gasteiger partial charge in [0.1, 0.15) is 11.5 Å². The molecule has 2 aromatic heterocycles. The number of hydrogen-bond acceptors (Lipinski definition) is 8. The third-order valence-corrected chi connectivity index (χ3v) is 6.03. The second-order valence-corrected chi connectivity index (χ2v) is 8.63. The molecular formula is C30H24N4O5. The Kier molecular flexibility index (Phi) is 7.13. The zero-order valence-corrected chi connectivity index (χ0v) is 21.0. The molecule has 0 unspecified atom stereocenters. The van der Waals surface area contributed by atoms with Crippen LogP contribution in [-0.4, -0.2) is 43.6 Å². The molecule has 9 heteroatoms. The van der Waals surface area contributed by atoms with E-state index < -0.39 is 11.9 Å². The lowest BCUT2D eigenvalue weighted by Crippen LogP contribution is -2.30. The highest BCUT2D eigenvalue weighted by Crippen LogP contribution is 2.31. The van der Waals surface area contributed by atoms with Gasteiger partial charge in [-0.05, 0) is 48.9 Å². The number of amides is 1. The van der Waals surface area contributed by atoms with Crippen molar-refractivity contribution >= 4 is 28.5 Å². The Labute approximate surface area is 224 Å². The van der Waals surface area contributed by atoms with Crippen molar-refractivity contribution in [1.29, 1.82) is 0 Å². The summed E-state index contributed by atoms with van der Waals surface area (Å²) < 4.78 is 5.11. The molecule has 2 heterocycles. The van der Waals surface area contributed by atoms with Crippen molar-refractivity contribution < 1.29 is 24.5 Å². The van der Waals surface area contributed by atoms with E-state index in [0.717, 1.165) is 17.0 Å². The average Bonchev–Trinajstić information content (AvgIpc) is 2.96. The number of benzene rings is 3. The summed E-state index contributed by atoms with van der Waals surface area (Å²) in [5.74, 6) is -1.58. The number of anilines is 1. The fraction of sp³-hybridized carbons (Fsp3) is 0.100. The molecule has 0 atom stereocenters. The van der Waals surface area contributed by atoms with Crippen molar-refractivity contribution in [2.75, 3.05) is 11.5 Å². The number of phenols is 2. The van der Waals surface area contributed by atoms with Gasteiger partial charge in [-0.2, -0.15) is 0 Å². The van der Waals surface area contributed by atoms with Crippen LogP contribution in [0.15, 0.2) is 91.3 Å². The Bertz CT molecular complexity index is 1660. The number of phenolic OH excluding ortho intramolecular Hbond substituents is 2. The second kappa shape index (κ2) is 11.0. The van der Waals surface area contributed by atoms with E-state index in [2.05, 4.69) is 15.0 Å². The highest BCUT2D eigenvalue weighted by atomic mass is 16.5. The highest BCUT2D eigenvalue weighted by molar-refractivity contribution is 6.08. The summed E-state index contributed by atoms with van der Waals surface area (Å²) in [6.45, 7) is 2.11. The Morgan fingerprint density at radius 3 is 2.44 bits per heavy atom. The molecule has 0 aliphatic rings. The maximum absolute atomic E-state index is 13.6. The SMILES string of the molecule is CCOC(=O)c1nc(-c2ccc(N(Cc3cccnc3)C(=O)c3ccc(O)cc3O)cc2)c2ccccc2n1. The lowest BCUT2D eigenvalue weighted by Gasteiger charge is -2.24. The van der Waals surface area contributed by atoms with Crippen LogP contribution < -0.4 is 4.90 Å². The summed E-state index contributed by atoms with van der Waals surface area (Å²) in [5.41, 5.74) is 3.26. The molecule has 0 aliphatic carbocycles. The number of esters is 1. The predicted molar refractivity (Wildman–Crippen MR) is 145 cm³/mol. The molecule has 2 N–H and O–H groups in total. The van der Waals surface area contributed by atoms with E-state index in [0.29, 0.717) is 22.5 Å². The maximum Gasteiger partial charge on any atom is 0.376 e. The van der Waals surface area contributed by atoms with Gasteiger partial charge < -0.3 is 19.8 Å². The quantitative estimate of drug-likeness (QED) is 0.283. The molecule has 1 amide bonds. The van der Waals surface area contributed by atoms with Crippen molar-refractivity contribution in [3.63, 3.8) is 0 Å². The van der Waals surface area contributed by atoms with Gasteiger partial charge in [-0.1, -0.05) is 36.4 Å². The largest absolute Gasteiger partial charge is 0.508 e. The number of carbonyl (C=O) groups excluding carboxylic acids is 2. The topological polar surface area (TPSA) is 126 Å². The molecule has 0 fully saturated rings. The Hall–Kier alpha value is -5.31. The van der Waals surface area contributed by atoms with Gasteiger partial charge in [-0.15, -0.1) is 0 Å². The fourth-order valence-electron chi connectivity index (χ4n) is 4.18. The molecule has 194 valence electrons. The van der Waals surface area contributed by atoms with Crippen LogP contribution in [0.1, 0.15) is 33.5 Å². The number of aromatic hydroxyl groups is 2. The number of nitrogens with zero attached hydrogens (tertiary/aromatic N) is 4. The summed E-state index contributed by atoms with van der Waals surface area (Å²) in [5, 5.41) is 20.8. The van der Waals surface area contributed by atoms with Crippen molar-refractivity contribution in [2.24, 2.45) is 0 Å². The summed E-state index contributed by atoms with van der Waals surface area (Å²) >= 11 is 0. The van der Waals surface area contributed by atoms with Gasteiger partial charge in [0.05, 0.1) is 29.9 Å². The molecule has 0 radical (unpaired) electrons. The van der Waals surface area contributed by atoms with E-state index in [9.17, 15) is 19.8 Å². The first-order valence-corrected chi connectivity index (χ1v) is 12.2. The molecule has 5 aromatic rings. The monoisotopic (exact) mass is 520 g/mol. The van der Waals surface area contributed by atoms with Crippen molar-refractivity contribution in [3.05, 3.63) is 108 Å². The third kappa shape index (κ3) is 5.37. The molecule has 39 heavy (non-hydrogen) atoms. The third-order valence-electron chi connectivity index (χ3n) is 6.03. The smallest absolute Gasteiger partial charge is 0.376 e. The van der Waals surface area contributed by atoms with E-state index in [-0.39, 0.29) is 36.0 Å². The van der Waals surface area contributed by atoms with Gasteiger partial charge in [0, 0.05) is 35.1 Å². The van der Waals surface area contributed by atoms with E-state index in [4.69, 9.17) is 4.74 Å². The summed E-state index contributed by atoms with van der Waals surface area (Å²) in [7, 11) is 0. The first kappa shape index (κ1) is 25.3. The van der Waals surface area contributed by atoms with Crippen LogP contribution in [0.25, 0.3) is 22.2 Å². The highest BCUT2D eigenvalue weighted by Gasteiger charge is 2.22. The fourth-order valence-corrected chi connectivity index (χ4v) is 4.18. The number of hydrogen-bond donors (Lipinski definition) is 2. The molecule has 3 aromatic carbocycles. The standard InChI is InChI=1S/C30H24N4O5/c1-2-39-30(38)28-32-25-8-4-3-7-23(25)27(33-28)20-9-11-21(12-10-20)34(18-19-6-5-15-31-17-19)29(37)24-14-13-22(35)16-26(24)36/h3-17,35-36H,2,18H2,1H3. The first-order chi connectivity index (χ1) is 18.9. The number of para-hydroxylation sites is 1. The Morgan fingerprint density at radius 2 is 1.72 bits per heavy atom. The minimum Gasteiger partial charge on any atom is -0.508 e. The number of fused-ring (bicyclic) bond motifs is 1. The average molecular weight is 521 g/mol. The van der Waals surface area contributed by atoms with Crippen LogP contribution in [0.3, 0.4) is 0 Å². The van der Waals surface area contributed by atoms with Gasteiger partial charge in [-0.25, -0.2) is 14.8 Å². The van der Waals surface area contributed by atoms with E-state index >= 15 is 0 Å². The first-order valence-electron chi connectivity index (χ1n) is 12.2. The summed E-state index contributed by atoms with van der Waals surface area (Å²) in [4.78, 5) is 40.5. The van der Waals surface area contributed by atoms with Gasteiger partial charge >= 0.3 is 5.97 Å². The molecule has 0 saturated carbocycles. The van der Waals surface area contributed by atoms with Crippen molar-refractivity contribution in [2.45, 2.75) is 13.5 Å². The summed E-state index contributed by atoms with van der Waals surface area (Å²) in [6.07, 6.45) is 3.31. The number of ether oxygens (including phenoxy) is 1. The van der Waals surface area contributed by atoms with Gasteiger partial charge in [0.25, 0.3) is 5.91 Å². The van der Waals surface area contributed by atoms with Gasteiger partial charge in [0.2, 0.25) is 5.82 Å². The number of rotatable bonds is 7. The number of aromatic nitrogens is 3. The van der Waals surface area contributed by atoms with Crippen molar-refractivity contribution in [1.82, 2.24) is 15.0 Å². The number of carbonyl (C=O) groups is 2. The van der Waals surface area contributed by atoms with Crippen LogP contribution >= 0.6 is 0 Å². The molecule has 0 aliphatic heterocycles. The van der Waals surface area contributed by atoms with E-state index in [1.165, 1.54) is 17.0 Å². The zero-order chi connectivity index (χ0) is 27.4. The lowest BCUT2D eigenvalue weighted by atomic mass is 10.0. The molecule has 5 rings (SSSR count). The van der Waals surface area contributed by atoms with Crippen LogP contribution in [0, 0.1) is 0 Å². The summed E-state index contributed by atoms with van der Waals surface area (Å²) in [6, 6.07) is 22.0. The normalized spacial score (nSPS) is 10.8. The lowest BCUT2D eigenvalue weighted by molar-refractivity contribution is 0.0512. The second-order valence-electron chi connectivity index (χ2n) is 8.63. The van der Waals surface area contributed by atoms with Crippen LogP contribution in [0.4, 0.5) is 5.69 Å². The Morgan fingerprint density at radius 1 is 0.923 bits per heavy atom. The van der Waals surface area contributed by atoms with Crippen LogP contribution in [0.2, 0.25) is 0 Å². The molecule has 9 nitrogen and oxygen atoms in total. The Balaban J connectivity index is 1.56. The minimum absolute atomic E-state index is 0.0363. The zero-order valence-electron chi connectivity index (χ0n) is 21.0.